The molecule has 0 atom stereocenters. The van der Waals surface area contributed by atoms with Crippen LogP contribution in [0.3, 0.4) is 0 Å². The number of hydrogen-bond acceptors (Lipinski definition) is 5. The molecular formula is C26H15FN2OS2. The van der Waals surface area contributed by atoms with Crippen LogP contribution in [0.25, 0.3) is 0 Å². The quantitative estimate of drug-likeness (QED) is 0.299. The largest absolute Gasteiger partial charge is 0.455 e. The van der Waals surface area contributed by atoms with Gasteiger partial charge in [0, 0.05) is 9.79 Å². The minimum atomic E-state index is -0.725. The molecule has 0 saturated heterocycles. The predicted octanol–water partition coefficient (Wildman–Crippen LogP) is 7.66. The van der Waals surface area contributed by atoms with Crippen molar-refractivity contribution in [2.45, 2.75) is 19.6 Å². The minimum Gasteiger partial charge on any atom is -0.455 e. The highest BCUT2D eigenvalue weighted by molar-refractivity contribution is 8.02. The summed E-state index contributed by atoms with van der Waals surface area (Å²) in [6.45, 7) is 0. The van der Waals surface area contributed by atoms with Gasteiger partial charge in [0.25, 0.3) is 0 Å². The lowest BCUT2D eigenvalue weighted by atomic mass is 10.1. The van der Waals surface area contributed by atoms with E-state index >= 15 is 4.39 Å². The van der Waals surface area contributed by atoms with Gasteiger partial charge in [0.2, 0.25) is 0 Å². The van der Waals surface area contributed by atoms with Crippen molar-refractivity contribution >= 4 is 23.5 Å². The summed E-state index contributed by atoms with van der Waals surface area (Å²) in [7, 11) is 0. The van der Waals surface area contributed by atoms with Gasteiger partial charge in [-0.2, -0.15) is 10.5 Å². The van der Waals surface area contributed by atoms with Gasteiger partial charge in [-0.3, -0.25) is 0 Å². The fraction of sp³-hybridized carbons (Fsp3) is 0. The van der Waals surface area contributed by atoms with Crippen molar-refractivity contribution < 1.29 is 9.13 Å². The molecule has 0 spiro atoms. The van der Waals surface area contributed by atoms with E-state index in [0.29, 0.717) is 10.6 Å². The number of ether oxygens (including phenoxy) is 1. The lowest BCUT2D eigenvalue weighted by Crippen LogP contribution is -2.01. The molecule has 0 aliphatic heterocycles. The molecule has 0 unspecified atom stereocenters. The SMILES string of the molecule is N#Cc1c(F)c(Sc2ccccc2)c(Sc2ccccc2)c(Oc2ccccc2)c1C#N. The average Bonchev–Trinajstić information content (AvgIpc) is 2.84. The van der Waals surface area contributed by atoms with Crippen LogP contribution in [-0.2, 0) is 0 Å². The van der Waals surface area contributed by atoms with Crippen molar-refractivity contribution in [3.63, 3.8) is 0 Å². The second kappa shape index (κ2) is 10.1. The number of para-hydroxylation sites is 1. The minimum absolute atomic E-state index is 0.121. The zero-order chi connectivity index (χ0) is 22.3. The summed E-state index contributed by atoms with van der Waals surface area (Å²) in [5.74, 6) is -0.0641. The van der Waals surface area contributed by atoms with Crippen LogP contribution in [0.1, 0.15) is 11.1 Å². The van der Waals surface area contributed by atoms with Crippen LogP contribution in [0.2, 0.25) is 0 Å². The van der Waals surface area contributed by atoms with Crippen LogP contribution in [-0.4, -0.2) is 0 Å². The number of nitrogens with zero attached hydrogens (tertiary/aromatic N) is 2. The second-order valence-corrected chi connectivity index (χ2v) is 8.69. The highest BCUT2D eigenvalue weighted by atomic mass is 32.2. The molecule has 3 nitrogen and oxygen atoms in total. The summed E-state index contributed by atoms with van der Waals surface area (Å²) < 4.78 is 21.7. The van der Waals surface area contributed by atoms with Gasteiger partial charge < -0.3 is 4.74 Å². The van der Waals surface area contributed by atoms with Crippen molar-refractivity contribution in [3.05, 3.63) is 108 Å². The van der Waals surface area contributed by atoms with Crippen LogP contribution in [0.5, 0.6) is 11.5 Å². The monoisotopic (exact) mass is 454 g/mol. The zero-order valence-electron chi connectivity index (χ0n) is 16.7. The summed E-state index contributed by atoms with van der Waals surface area (Å²) in [4.78, 5) is 2.35. The topological polar surface area (TPSA) is 56.8 Å². The van der Waals surface area contributed by atoms with Gasteiger partial charge in [0.1, 0.15) is 29.0 Å². The smallest absolute Gasteiger partial charge is 0.161 e. The second-order valence-electron chi connectivity index (χ2n) is 6.52. The molecule has 0 fully saturated rings. The first-order valence-corrected chi connectivity index (χ1v) is 11.2. The van der Waals surface area contributed by atoms with Crippen LogP contribution >= 0.6 is 23.5 Å². The maximum Gasteiger partial charge on any atom is 0.161 e. The van der Waals surface area contributed by atoms with E-state index in [2.05, 4.69) is 0 Å². The summed E-state index contributed by atoms with van der Waals surface area (Å²) in [6, 6.07) is 31.6. The van der Waals surface area contributed by atoms with Gasteiger partial charge in [0.05, 0.1) is 9.79 Å². The molecule has 4 aromatic rings. The molecule has 0 aliphatic carbocycles. The van der Waals surface area contributed by atoms with Crippen LogP contribution < -0.4 is 4.74 Å². The molecule has 154 valence electrons. The van der Waals surface area contributed by atoms with E-state index in [1.165, 1.54) is 23.5 Å². The van der Waals surface area contributed by atoms with Crippen LogP contribution in [0.15, 0.2) is 111 Å². The van der Waals surface area contributed by atoms with Crippen LogP contribution in [0.4, 0.5) is 4.39 Å². The average molecular weight is 455 g/mol. The van der Waals surface area contributed by atoms with E-state index in [4.69, 9.17) is 4.74 Å². The number of rotatable bonds is 6. The molecule has 0 N–H and O–H groups in total. The highest BCUT2D eigenvalue weighted by Crippen LogP contribution is 2.49. The van der Waals surface area contributed by atoms with Crippen molar-refractivity contribution in [1.29, 1.82) is 10.5 Å². The molecule has 32 heavy (non-hydrogen) atoms. The van der Waals surface area contributed by atoms with E-state index in [-0.39, 0.29) is 21.8 Å². The third-order valence-electron chi connectivity index (χ3n) is 4.42. The van der Waals surface area contributed by atoms with E-state index in [1.807, 2.05) is 78.9 Å². The molecule has 0 bridgehead atoms. The van der Waals surface area contributed by atoms with Gasteiger partial charge in [-0.25, -0.2) is 4.39 Å². The van der Waals surface area contributed by atoms with E-state index in [1.54, 1.807) is 24.3 Å². The van der Waals surface area contributed by atoms with Crippen molar-refractivity contribution in [3.8, 4) is 23.6 Å². The maximum absolute atomic E-state index is 15.6. The first-order chi connectivity index (χ1) is 15.7. The maximum atomic E-state index is 15.6. The fourth-order valence-corrected chi connectivity index (χ4v) is 5.07. The van der Waals surface area contributed by atoms with Crippen molar-refractivity contribution in [2.24, 2.45) is 0 Å². The first-order valence-electron chi connectivity index (χ1n) is 9.59. The molecule has 4 aromatic carbocycles. The molecule has 0 heterocycles. The normalized spacial score (nSPS) is 10.2. The number of halogens is 1. The molecule has 4 rings (SSSR count). The Morgan fingerprint density at radius 1 is 0.625 bits per heavy atom. The van der Waals surface area contributed by atoms with E-state index in [9.17, 15) is 10.5 Å². The molecule has 0 aliphatic rings. The fourth-order valence-electron chi connectivity index (χ4n) is 2.97. The number of hydrogen-bond donors (Lipinski definition) is 0. The summed E-state index contributed by atoms with van der Waals surface area (Å²) >= 11 is 2.49. The van der Waals surface area contributed by atoms with Gasteiger partial charge in [-0.1, -0.05) is 78.1 Å². The molecule has 0 radical (unpaired) electrons. The Bertz CT molecular complexity index is 1320. The van der Waals surface area contributed by atoms with E-state index in [0.717, 1.165) is 9.79 Å². The van der Waals surface area contributed by atoms with Gasteiger partial charge in [-0.05, 0) is 36.4 Å². The molecular weight excluding hydrogens is 439 g/mol. The Hall–Kier alpha value is -3.71. The lowest BCUT2D eigenvalue weighted by molar-refractivity contribution is 0.459. The predicted molar refractivity (Wildman–Crippen MR) is 123 cm³/mol. The van der Waals surface area contributed by atoms with Crippen LogP contribution in [0, 0.1) is 28.5 Å². The third-order valence-corrected chi connectivity index (χ3v) is 6.75. The molecule has 6 heteroatoms. The first kappa shape index (κ1) is 21.5. The number of nitriles is 2. The number of benzene rings is 4. The van der Waals surface area contributed by atoms with Crippen molar-refractivity contribution in [2.75, 3.05) is 0 Å². The Morgan fingerprint density at radius 3 is 1.59 bits per heavy atom. The van der Waals surface area contributed by atoms with Crippen molar-refractivity contribution in [1.82, 2.24) is 0 Å². The van der Waals surface area contributed by atoms with Gasteiger partial charge >= 0.3 is 0 Å². The third kappa shape index (κ3) is 4.63. The Kier molecular flexibility index (Phi) is 6.77. The Balaban J connectivity index is 1.97. The Labute approximate surface area is 194 Å². The molecule has 0 saturated carbocycles. The van der Waals surface area contributed by atoms with Gasteiger partial charge in [-0.15, -0.1) is 0 Å². The molecule has 0 amide bonds. The lowest BCUT2D eigenvalue weighted by Gasteiger charge is -2.18. The standard InChI is InChI=1S/C26H15FN2OS2/c27-23-21(16-28)22(17-29)24(30-18-10-4-1-5-11-18)26(32-20-14-8-3-9-15-20)25(23)31-19-12-6-2-7-13-19/h1-15H. The summed E-state index contributed by atoms with van der Waals surface area (Å²) in [5.41, 5.74) is -0.445. The molecule has 0 aromatic heterocycles. The highest BCUT2D eigenvalue weighted by Gasteiger charge is 2.27. The van der Waals surface area contributed by atoms with E-state index < -0.39 is 5.82 Å². The zero-order valence-corrected chi connectivity index (χ0v) is 18.3. The van der Waals surface area contributed by atoms with Gasteiger partial charge in [0.15, 0.2) is 11.6 Å². The summed E-state index contributed by atoms with van der Waals surface area (Å²) in [5, 5.41) is 19.5. The Morgan fingerprint density at radius 2 is 1.09 bits per heavy atom. The summed E-state index contributed by atoms with van der Waals surface area (Å²) in [6.07, 6.45) is 0.